The van der Waals surface area contributed by atoms with Gasteiger partial charge in [0, 0.05) is 37.7 Å². The second kappa shape index (κ2) is 6.72. The number of hydrogen-bond acceptors (Lipinski definition) is 4. The van der Waals surface area contributed by atoms with Gasteiger partial charge in [0.1, 0.15) is 11.6 Å². The first-order valence-corrected chi connectivity index (χ1v) is 8.95. The Morgan fingerprint density at radius 2 is 1.85 bits per heavy atom. The molecule has 1 unspecified atom stereocenters. The summed E-state index contributed by atoms with van der Waals surface area (Å²) >= 11 is 6.19. The van der Waals surface area contributed by atoms with Crippen LogP contribution < -0.4 is 4.90 Å². The lowest BCUT2D eigenvalue weighted by Gasteiger charge is -2.34. The molecule has 1 aliphatic heterocycles. The number of amides is 1. The van der Waals surface area contributed by atoms with Gasteiger partial charge in [-0.15, -0.1) is 0 Å². The average molecular weight is 377 g/mol. The van der Waals surface area contributed by atoms with Crippen molar-refractivity contribution in [2.45, 2.75) is 18.8 Å². The molecule has 0 saturated carbocycles. The van der Waals surface area contributed by atoms with Gasteiger partial charge in [-0.05, 0) is 42.1 Å². The van der Waals surface area contributed by atoms with E-state index in [0.29, 0.717) is 26.2 Å². The van der Waals surface area contributed by atoms with Crippen molar-refractivity contribution in [3.05, 3.63) is 52.2 Å². The molecule has 6 nitrogen and oxygen atoms in total. The minimum absolute atomic E-state index is 0.0742. The Labute approximate surface area is 155 Å². The summed E-state index contributed by atoms with van der Waals surface area (Å²) in [5.41, 5.74) is 2.97. The second-order valence-corrected chi connectivity index (χ2v) is 6.92. The molecule has 1 N–H and O–H groups in total. The number of hydrogen-bond donors (Lipinski definition) is 1. The fourth-order valence-electron chi connectivity index (χ4n) is 3.81. The molecule has 1 fully saturated rings. The predicted molar refractivity (Wildman–Crippen MR) is 95.4 cm³/mol. The van der Waals surface area contributed by atoms with Crippen molar-refractivity contribution in [3.63, 3.8) is 0 Å². The maximum absolute atomic E-state index is 13.2. The van der Waals surface area contributed by atoms with Crippen LogP contribution in [0.2, 0.25) is 5.28 Å². The number of benzene rings is 1. The Balaban J connectivity index is 1.64. The Hall–Kier alpha value is -2.41. The SMILES string of the molecule is O=C(O)N1CCN(c2nc(Cl)nc3c2CCC3c2ccc(F)cc2)CC1. The van der Waals surface area contributed by atoms with Gasteiger partial charge in [-0.2, -0.15) is 0 Å². The van der Waals surface area contributed by atoms with Crippen molar-refractivity contribution >= 4 is 23.5 Å². The van der Waals surface area contributed by atoms with E-state index in [4.69, 9.17) is 16.7 Å². The van der Waals surface area contributed by atoms with Gasteiger partial charge in [0.2, 0.25) is 5.28 Å². The van der Waals surface area contributed by atoms with Crippen LogP contribution in [-0.2, 0) is 6.42 Å². The van der Waals surface area contributed by atoms with Gasteiger partial charge in [-0.3, -0.25) is 0 Å². The van der Waals surface area contributed by atoms with E-state index in [2.05, 4.69) is 14.9 Å². The van der Waals surface area contributed by atoms with Crippen LogP contribution in [-0.4, -0.2) is 52.2 Å². The van der Waals surface area contributed by atoms with E-state index in [1.165, 1.54) is 17.0 Å². The number of halogens is 2. The van der Waals surface area contributed by atoms with Crippen LogP contribution in [0.15, 0.2) is 24.3 Å². The standard InChI is InChI=1S/C18H18ClFN4O2/c19-17-21-15-13(11-1-3-12(20)4-2-11)5-6-14(15)16(22-17)23-7-9-24(10-8-23)18(25)26/h1-4,13H,5-10H2,(H,25,26). The smallest absolute Gasteiger partial charge is 0.407 e. The van der Waals surface area contributed by atoms with E-state index in [1.54, 1.807) is 12.1 Å². The highest BCUT2D eigenvalue weighted by Gasteiger charge is 2.32. The molecule has 2 aromatic rings. The van der Waals surface area contributed by atoms with E-state index >= 15 is 0 Å². The maximum atomic E-state index is 13.2. The van der Waals surface area contributed by atoms with Crippen molar-refractivity contribution in [2.75, 3.05) is 31.1 Å². The molecule has 4 rings (SSSR count). The quantitative estimate of drug-likeness (QED) is 0.815. The number of fused-ring (bicyclic) bond motifs is 1. The molecule has 1 atom stereocenters. The molecule has 0 radical (unpaired) electrons. The molecule has 1 aromatic carbocycles. The summed E-state index contributed by atoms with van der Waals surface area (Å²) in [5, 5.41) is 9.30. The molecule has 0 spiro atoms. The van der Waals surface area contributed by atoms with Crippen molar-refractivity contribution in [1.82, 2.24) is 14.9 Å². The van der Waals surface area contributed by atoms with Gasteiger partial charge in [0.25, 0.3) is 0 Å². The zero-order valence-corrected chi connectivity index (χ0v) is 14.8. The molecule has 2 heterocycles. The van der Waals surface area contributed by atoms with E-state index in [-0.39, 0.29) is 17.0 Å². The van der Waals surface area contributed by atoms with Crippen molar-refractivity contribution in [2.24, 2.45) is 0 Å². The van der Waals surface area contributed by atoms with Crippen LogP contribution in [0.3, 0.4) is 0 Å². The van der Waals surface area contributed by atoms with Crippen LogP contribution in [0.5, 0.6) is 0 Å². The third-order valence-electron chi connectivity index (χ3n) is 5.13. The number of carboxylic acid groups (broad SMARTS) is 1. The molecule has 1 aromatic heterocycles. The summed E-state index contributed by atoms with van der Waals surface area (Å²) in [5.74, 6) is 0.615. The van der Waals surface area contributed by atoms with Crippen LogP contribution in [0.25, 0.3) is 0 Å². The normalized spacial score (nSPS) is 19.5. The maximum Gasteiger partial charge on any atom is 0.407 e. The lowest BCUT2D eigenvalue weighted by atomic mass is 9.97. The predicted octanol–water partition coefficient (Wildman–Crippen LogP) is 3.15. The fourth-order valence-corrected chi connectivity index (χ4v) is 3.98. The Morgan fingerprint density at radius 3 is 2.50 bits per heavy atom. The number of aromatic nitrogens is 2. The Kier molecular flexibility index (Phi) is 4.40. The van der Waals surface area contributed by atoms with Crippen molar-refractivity contribution in [3.8, 4) is 0 Å². The molecule has 1 saturated heterocycles. The lowest BCUT2D eigenvalue weighted by molar-refractivity contribution is 0.142. The number of piperazine rings is 1. The van der Waals surface area contributed by atoms with E-state index in [1.807, 2.05) is 0 Å². The van der Waals surface area contributed by atoms with Crippen molar-refractivity contribution < 1.29 is 14.3 Å². The highest BCUT2D eigenvalue weighted by Crippen LogP contribution is 2.41. The largest absolute Gasteiger partial charge is 0.465 e. The van der Waals surface area contributed by atoms with Gasteiger partial charge >= 0.3 is 6.09 Å². The minimum atomic E-state index is -0.896. The molecule has 26 heavy (non-hydrogen) atoms. The lowest BCUT2D eigenvalue weighted by Crippen LogP contribution is -2.48. The first-order chi connectivity index (χ1) is 12.5. The third kappa shape index (κ3) is 3.07. The van der Waals surface area contributed by atoms with Gasteiger partial charge in [0.15, 0.2) is 0 Å². The van der Waals surface area contributed by atoms with Crippen LogP contribution >= 0.6 is 11.6 Å². The van der Waals surface area contributed by atoms with E-state index in [0.717, 1.165) is 35.5 Å². The molecule has 1 amide bonds. The summed E-state index contributed by atoms with van der Waals surface area (Å²) in [4.78, 5) is 23.5. The zero-order chi connectivity index (χ0) is 18.3. The van der Waals surface area contributed by atoms with Gasteiger partial charge in [-0.25, -0.2) is 19.2 Å². The van der Waals surface area contributed by atoms with Crippen LogP contribution in [0.1, 0.15) is 29.2 Å². The molecule has 0 bridgehead atoms. The molecule has 136 valence electrons. The second-order valence-electron chi connectivity index (χ2n) is 6.58. The summed E-state index contributed by atoms with van der Waals surface area (Å²) in [7, 11) is 0. The van der Waals surface area contributed by atoms with Crippen molar-refractivity contribution in [1.29, 1.82) is 0 Å². The topological polar surface area (TPSA) is 69.6 Å². The van der Waals surface area contributed by atoms with Crippen LogP contribution in [0.4, 0.5) is 15.0 Å². The fraction of sp³-hybridized carbons (Fsp3) is 0.389. The minimum Gasteiger partial charge on any atom is -0.465 e. The summed E-state index contributed by atoms with van der Waals surface area (Å²) in [6, 6.07) is 6.50. The summed E-state index contributed by atoms with van der Waals surface area (Å²) in [6.45, 7) is 2.03. The van der Waals surface area contributed by atoms with E-state index < -0.39 is 6.09 Å². The highest BCUT2D eigenvalue weighted by molar-refractivity contribution is 6.28. The van der Waals surface area contributed by atoms with E-state index in [9.17, 15) is 9.18 Å². The van der Waals surface area contributed by atoms with Crippen LogP contribution in [0, 0.1) is 5.82 Å². The third-order valence-corrected chi connectivity index (χ3v) is 5.29. The molecule has 8 heteroatoms. The van der Waals surface area contributed by atoms with Gasteiger partial charge in [0.05, 0.1) is 5.69 Å². The molecular formula is C18H18ClFN4O2. The van der Waals surface area contributed by atoms with Gasteiger partial charge < -0.3 is 14.9 Å². The zero-order valence-electron chi connectivity index (χ0n) is 14.0. The first kappa shape index (κ1) is 17.0. The highest BCUT2D eigenvalue weighted by atomic mass is 35.5. The number of rotatable bonds is 2. The average Bonchev–Trinajstić information content (AvgIpc) is 3.05. The number of carbonyl (C=O) groups is 1. The molecule has 2 aliphatic rings. The summed E-state index contributed by atoms with van der Waals surface area (Å²) in [6.07, 6.45) is 0.799. The molecule has 1 aliphatic carbocycles. The number of nitrogens with zero attached hydrogens (tertiary/aromatic N) is 4. The van der Waals surface area contributed by atoms with Gasteiger partial charge in [-0.1, -0.05) is 12.1 Å². The molecular weight excluding hydrogens is 359 g/mol. The Morgan fingerprint density at radius 1 is 1.15 bits per heavy atom. The Bertz CT molecular complexity index is 838. The first-order valence-electron chi connectivity index (χ1n) is 8.57. The monoisotopic (exact) mass is 376 g/mol. The summed E-state index contributed by atoms with van der Waals surface area (Å²) < 4.78 is 13.2. The number of anilines is 1.